The van der Waals surface area contributed by atoms with Crippen molar-refractivity contribution in [3.63, 3.8) is 0 Å². The number of amides is 1. The molecule has 5 nitrogen and oxygen atoms in total. The number of thiophene rings is 1. The van der Waals surface area contributed by atoms with Gasteiger partial charge in [0.1, 0.15) is 0 Å². The van der Waals surface area contributed by atoms with Crippen LogP contribution < -0.4 is 5.43 Å². The van der Waals surface area contributed by atoms with Crippen molar-refractivity contribution in [3.8, 4) is 0 Å². The molecule has 0 unspecified atom stereocenters. The molecule has 6 heteroatoms. The molecule has 0 saturated heterocycles. The molecule has 1 heterocycles. The number of carbonyl (C=O) groups excluding carboxylic acids is 1. The number of nitrogens with one attached hydrogen (secondary N) is 1. The standard InChI is InChI=1S/C17H16N2O3S/c20-16(15-9-13-3-1-2-4-14(13)23-15)19-18-10-11-5-7-12(8-6-11)17(21)22/h5-10H,1-4H2,(H,19,20)(H,21,22)/b18-10-. The van der Waals surface area contributed by atoms with Crippen LogP contribution in [0, 0.1) is 0 Å². The maximum atomic E-state index is 12.1. The van der Waals surface area contributed by atoms with E-state index in [2.05, 4.69) is 10.5 Å². The molecule has 23 heavy (non-hydrogen) atoms. The maximum absolute atomic E-state index is 12.1. The van der Waals surface area contributed by atoms with Crippen molar-refractivity contribution in [2.24, 2.45) is 5.10 Å². The molecule has 0 fully saturated rings. The van der Waals surface area contributed by atoms with E-state index >= 15 is 0 Å². The highest BCUT2D eigenvalue weighted by atomic mass is 32.1. The molecule has 2 aromatic rings. The van der Waals surface area contributed by atoms with Gasteiger partial charge in [0.05, 0.1) is 16.7 Å². The molecule has 1 aromatic carbocycles. The molecule has 0 aliphatic heterocycles. The number of fused-ring (bicyclic) bond motifs is 1. The normalized spacial score (nSPS) is 13.7. The molecule has 118 valence electrons. The van der Waals surface area contributed by atoms with E-state index in [9.17, 15) is 9.59 Å². The summed E-state index contributed by atoms with van der Waals surface area (Å²) in [5.74, 6) is -1.17. The second-order valence-corrected chi connectivity index (χ2v) is 6.53. The lowest BCUT2D eigenvalue weighted by atomic mass is 9.99. The average molecular weight is 328 g/mol. The van der Waals surface area contributed by atoms with Gasteiger partial charge in [0.2, 0.25) is 0 Å². The Labute approximate surface area is 137 Å². The number of hydrazone groups is 1. The van der Waals surface area contributed by atoms with E-state index in [1.54, 1.807) is 23.5 Å². The largest absolute Gasteiger partial charge is 0.478 e. The molecule has 0 atom stereocenters. The molecule has 1 amide bonds. The van der Waals surface area contributed by atoms with Crippen molar-refractivity contribution in [1.82, 2.24) is 5.43 Å². The highest BCUT2D eigenvalue weighted by Crippen LogP contribution is 2.29. The van der Waals surface area contributed by atoms with Crippen LogP contribution in [0.1, 0.15) is 48.9 Å². The first-order valence-corrected chi connectivity index (χ1v) is 8.23. The summed E-state index contributed by atoms with van der Waals surface area (Å²) in [4.78, 5) is 24.9. The number of carbonyl (C=O) groups is 2. The number of benzene rings is 1. The van der Waals surface area contributed by atoms with Crippen LogP contribution in [0.15, 0.2) is 35.4 Å². The lowest BCUT2D eigenvalue weighted by Crippen LogP contribution is -2.16. The average Bonchev–Trinajstić information content (AvgIpc) is 2.99. The highest BCUT2D eigenvalue weighted by Gasteiger charge is 2.16. The predicted octanol–water partition coefficient (Wildman–Crippen LogP) is 3.09. The Balaban J connectivity index is 1.62. The van der Waals surface area contributed by atoms with Gasteiger partial charge in [-0.2, -0.15) is 5.10 Å². The zero-order valence-corrected chi connectivity index (χ0v) is 13.2. The van der Waals surface area contributed by atoms with Crippen LogP contribution >= 0.6 is 11.3 Å². The van der Waals surface area contributed by atoms with Gasteiger partial charge in [0.25, 0.3) is 5.91 Å². The zero-order chi connectivity index (χ0) is 16.2. The summed E-state index contributed by atoms with van der Waals surface area (Å²) in [6.07, 6.45) is 6.00. The molecule has 2 N–H and O–H groups in total. The van der Waals surface area contributed by atoms with Crippen molar-refractivity contribution in [1.29, 1.82) is 0 Å². The summed E-state index contributed by atoms with van der Waals surface area (Å²) in [6.45, 7) is 0. The lowest BCUT2D eigenvalue weighted by molar-refractivity contribution is 0.0696. The van der Waals surface area contributed by atoms with Gasteiger partial charge in [-0.3, -0.25) is 4.79 Å². The predicted molar refractivity (Wildman–Crippen MR) is 89.4 cm³/mol. The van der Waals surface area contributed by atoms with Crippen molar-refractivity contribution in [2.45, 2.75) is 25.7 Å². The topological polar surface area (TPSA) is 78.8 Å². The van der Waals surface area contributed by atoms with E-state index < -0.39 is 5.97 Å². The first-order valence-electron chi connectivity index (χ1n) is 7.42. The maximum Gasteiger partial charge on any atom is 0.335 e. The molecular formula is C17H16N2O3S. The number of carboxylic acid groups (broad SMARTS) is 1. The van der Waals surface area contributed by atoms with E-state index in [-0.39, 0.29) is 11.5 Å². The minimum atomic E-state index is -0.969. The summed E-state index contributed by atoms with van der Waals surface area (Å²) in [5, 5.41) is 12.8. The van der Waals surface area contributed by atoms with E-state index in [0.717, 1.165) is 18.4 Å². The van der Waals surface area contributed by atoms with Gasteiger partial charge in [0.15, 0.2) is 0 Å². The smallest absolute Gasteiger partial charge is 0.335 e. The number of carboxylic acids is 1. The molecule has 1 aromatic heterocycles. The molecular weight excluding hydrogens is 312 g/mol. The van der Waals surface area contributed by atoms with E-state index in [1.807, 2.05) is 6.07 Å². The summed E-state index contributed by atoms with van der Waals surface area (Å²) < 4.78 is 0. The van der Waals surface area contributed by atoms with Gasteiger partial charge in [-0.1, -0.05) is 12.1 Å². The highest BCUT2D eigenvalue weighted by molar-refractivity contribution is 7.14. The van der Waals surface area contributed by atoms with Gasteiger partial charge in [-0.05, 0) is 55.0 Å². The third-order valence-electron chi connectivity index (χ3n) is 3.76. The fourth-order valence-corrected chi connectivity index (χ4v) is 3.68. The quantitative estimate of drug-likeness (QED) is 0.668. The number of hydrogen-bond donors (Lipinski definition) is 2. The Bertz CT molecular complexity index is 739. The number of hydrogen-bond acceptors (Lipinski definition) is 4. The first-order chi connectivity index (χ1) is 11.1. The molecule has 1 aliphatic rings. The number of aryl methyl sites for hydroxylation is 2. The van der Waals surface area contributed by atoms with Crippen molar-refractivity contribution >= 4 is 29.4 Å². The van der Waals surface area contributed by atoms with Gasteiger partial charge >= 0.3 is 5.97 Å². The van der Waals surface area contributed by atoms with Crippen molar-refractivity contribution in [2.75, 3.05) is 0 Å². The van der Waals surface area contributed by atoms with Crippen molar-refractivity contribution < 1.29 is 14.7 Å². The Kier molecular flexibility index (Phi) is 4.52. The van der Waals surface area contributed by atoms with Crippen LogP contribution in [0.4, 0.5) is 0 Å². The van der Waals surface area contributed by atoms with Crippen LogP contribution in [0.3, 0.4) is 0 Å². The van der Waals surface area contributed by atoms with Crippen LogP contribution in [-0.4, -0.2) is 23.2 Å². The van der Waals surface area contributed by atoms with Gasteiger partial charge in [-0.25, -0.2) is 10.2 Å². The molecule has 1 aliphatic carbocycles. The summed E-state index contributed by atoms with van der Waals surface area (Å²) in [5.41, 5.74) is 4.75. The minimum Gasteiger partial charge on any atom is -0.478 e. The Morgan fingerprint density at radius 2 is 1.91 bits per heavy atom. The van der Waals surface area contributed by atoms with E-state index in [0.29, 0.717) is 4.88 Å². The van der Waals surface area contributed by atoms with Crippen LogP contribution in [0.25, 0.3) is 0 Å². The zero-order valence-electron chi connectivity index (χ0n) is 12.4. The summed E-state index contributed by atoms with van der Waals surface area (Å²) >= 11 is 1.54. The van der Waals surface area contributed by atoms with E-state index in [4.69, 9.17) is 5.11 Å². The second-order valence-electron chi connectivity index (χ2n) is 5.39. The minimum absolute atomic E-state index is 0.206. The van der Waals surface area contributed by atoms with Gasteiger partial charge < -0.3 is 5.11 Å². The van der Waals surface area contributed by atoms with Gasteiger partial charge in [-0.15, -0.1) is 11.3 Å². The first kappa shape index (κ1) is 15.4. The SMILES string of the molecule is O=C(O)c1ccc(/C=N\NC(=O)c2cc3c(s2)CCCC3)cc1. The lowest BCUT2D eigenvalue weighted by Gasteiger charge is -2.08. The summed E-state index contributed by atoms with van der Waals surface area (Å²) in [6, 6.07) is 8.25. The van der Waals surface area contributed by atoms with Crippen LogP contribution in [0.2, 0.25) is 0 Å². The Morgan fingerprint density at radius 3 is 2.61 bits per heavy atom. The third kappa shape index (κ3) is 3.65. The molecule has 3 rings (SSSR count). The fraction of sp³-hybridized carbons (Fsp3) is 0.235. The number of aromatic carboxylic acids is 1. The molecule has 0 saturated carbocycles. The Hall–Kier alpha value is -2.47. The second kappa shape index (κ2) is 6.75. The van der Waals surface area contributed by atoms with Crippen LogP contribution in [0.5, 0.6) is 0 Å². The van der Waals surface area contributed by atoms with Crippen LogP contribution in [-0.2, 0) is 12.8 Å². The number of nitrogens with zero attached hydrogens (tertiary/aromatic N) is 1. The molecule has 0 radical (unpaired) electrons. The van der Waals surface area contributed by atoms with Crippen molar-refractivity contribution in [3.05, 3.63) is 56.8 Å². The molecule has 0 bridgehead atoms. The third-order valence-corrected chi connectivity index (χ3v) is 4.99. The number of rotatable bonds is 4. The molecule has 0 spiro atoms. The monoisotopic (exact) mass is 328 g/mol. The summed E-state index contributed by atoms with van der Waals surface area (Å²) in [7, 11) is 0. The Morgan fingerprint density at radius 1 is 1.17 bits per heavy atom. The van der Waals surface area contributed by atoms with E-state index in [1.165, 1.54) is 41.6 Å². The fourth-order valence-electron chi connectivity index (χ4n) is 2.53. The van der Waals surface area contributed by atoms with Gasteiger partial charge in [0, 0.05) is 4.88 Å².